The molecular formula is C16H26N2O. The second-order valence-corrected chi connectivity index (χ2v) is 5.99. The lowest BCUT2D eigenvalue weighted by molar-refractivity contribution is 0.281. The summed E-state index contributed by atoms with van der Waals surface area (Å²) in [4.78, 5) is 6.99. The van der Waals surface area contributed by atoms with Crippen molar-refractivity contribution in [3.63, 3.8) is 0 Å². The topological polar surface area (TPSA) is 36.4 Å². The van der Waals surface area contributed by atoms with Crippen molar-refractivity contribution in [2.75, 3.05) is 11.4 Å². The first-order valence-corrected chi connectivity index (χ1v) is 7.53. The SMILES string of the molecule is CC(C)CCN(c1cc(CO)ccn1)C1CCCC1. The van der Waals surface area contributed by atoms with Crippen LogP contribution >= 0.6 is 0 Å². The fourth-order valence-corrected chi connectivity index (χ4v) is 2.81. The van der Waals surface area contributed by atoms with Crippen LogP contribution in [-0.4, -0.2) is 22.7 Å². The lowest BCUT2D eigenvalue weighted by Gasteiger charge is -2.31. The highest BCUT2D eigenvalue weighted by Crippen LogP contribution is 2.28. The summed E-state index contributed by atoms with van der Waals surface area (Å²) in [5.74, 6) is 1.75. The van der Waals surface area contributed by atoms with Crippen LogP contribution in [0.2, 0.25) is 0 Å². The van der Waals surface area contributed by atoms with Crippen LogP contribution in [0.4, 0.5) is 5.82 Å². The van der Waals surface area contributed by atoms with Gasteiger partial charge in [-0.1, -0.05) is 26.7 Å². The molecule has 0 saturated heterocycles. The van der Waals surface area contributed by atoms with Gasteiger partial charge in [-0.05, 0) is 42.9 Å². The Bertz CT molecular complexity index is 386. The maximum absolute atomic E-state index is 9.28. The first-order chi connectivity index (χ1) is 9.20. The number of anilines is 1. The zero-order valence-corrected chi connectivity index (χ0v) is 12.2. The van der Waals surface area contributed by atoms with E-state index in [-0.39, 0.29) is 6.61 Å². The van der Waals surface area contributed by atoms with Gasteiger partial charge in [0.1, 0.15) is 5.82 Å². The molecule has 0 aliphatic heterocycles. The van der Waals surface area contributed by atoms with Crippen LogP contribution in [-0.2, 0) is 6.61 Å². The summed E-state index contributed by atoms with van der Waals surface area (Å²) in [6, 6.07) is 4.57. The summed E-state index contributed by atoms with van der Waals surface area (Å²) in [6.07, 6.45) is 8.25. The summed E-state index contributed by atoms with van der Waals surface area (Å²) < 4.78 is 0. The van der Waals surface area contributed by atoms with Crippen molar-refractivity contribution >= 4 is 5.82 Å². The van der Waals surface area contributed by atoms with Crippen LogP contribution in [0.5, 0.6) is 0 Å². The van der Waals surface area contributed by atoms with E-state index in [1.807, 2.05) is 18.3 Å². The Kier molecular flexibility index (Phi) is 5.20. The molecular weight excluding hydrogens is 236 g/mol. The molecule has 1 aromatic rings. The molecule has 0 unspecified atom stereocenters. The molecule has 0 radical (unpaired) electrons. The first kappa shape index (κ1) is 14.3. The largest absolute Gasteiger partial charge is 0.392 e. The Morgan fingerprint density at radius 2 is 2.11 bits per heavy atom. The van der Waals surface area contributed by atoms with Gasteiger partial charge in [-0.3, -0.25) is 0 Å². The van der Waals surface area contributed by atoms with Gasteiger partial charge in [0.25, 0.3) is 0 Å². The molecule has 0 spiro atoms. The minimum atomic E-state index is 0.0954. The van der Waals surface area contributed by atoms with Crippen LogP contribution in [0.15, 0.2) is 18.3 Å². The van der Waals surface area contributed by atoms with Gasteiger partial charge in [0.15, 0.2) is 0 Å². The normalized spacial score (nSPS) is 16.2. The molecule has 1 fully saturated rings. The summed E-state index contributed by atoms with van der Waals surface area (Å²) in [5, 5.41) is 9.28. The fourth-order valence-electron chi connectivity index (χ4n) is 2.81. The van der Waals surface area contributed by atoms with E-state index in [4.69, 9.17) is 0 Å². The predicted octanol–water partition coefficient (Wildman–Crippen LogP) is 3.37. The van der Waals surface area contributed by atoms with Gasteiger partial charge in [0, 0.05) is 18.8 Å². The van der Waals surface area contributed by atoms with E-state index in [0.717, 1.165) is 17.9 Å². The standard InChI is InChI=1S/C16H26N2O/c1-13(2)8-10-18(15-5-3-4-6-15)16-11-14(12-19)7-9-17-16/h7,9,11,13,15,19H,3-6,8,10,12H2,1-2H3. The monoisotopic (exact) mass is 262 g/mol. The van der Waals surface area contributed by atoms with E-state index in [2.05, 4.69) is 23.7 Å². The Labute approximate surface area is 116 Å². The smallest absolute Gasteiger partial charge is 0.129 e. The highest BCUT2D eigenvalue weighted by atomic mass is 16.3. The molecule has 106 valence electrons. The van der Waals surface area contributed by atoms with E-state index >= 15 is 0 Å². The van der Waals surface area contributed by atoms with Crippen molar-refractivity contribution < 1.29 is 5.11 Å². The Morgan fingerprint density at radius 3 is 2.74 bits per heavy atom. The number of hydrogen-bond acceptors (Lipinski definition) is 3. The number of hydrogen-bond donors (Lipinski definition) is 1. The molecule has 1 aliphatic rings. The molecule has 0 amide bonds. The summed E-state index contributed by atoms with van der Waals surface area (Å²) in [7, 11) is 0. The molecule has 1 aliphatic carbocycles. The molecule has 0 aromatic carbocycles. The number of aliphatic hydroxyl groups is 1. The number of pyridine rings is 1. The van der Waals surface area contributed by atoms with E-state index < -0.39 is 0 Å². The van der Waals surface area contributed by atoms with Gasteiger partial charge in [0.05, 0.1) is 6.61 Å². The van der Waals surface area contributed by atoms with Crippen molar-refractivity contribution in [2.45, 2.75) is 58.6 Å². The van der Waals surface area contributed by atoms with Crippen LogP contribution in [0.25, 0.3) is 0 Å². The molecule has 1 heterocycles. The average molecular weight is 262 g/mol. The lowest BCUT2D eigenvalue weighted by atomic mass is 10.1. The minimum Gasteiger partial charge on any atom is -0.392 e. The summed E-state index contributed by atoms with van der Waals surface area (Å²) >= 11 is 0. The molecule has 1 N–H and O–H groups in total. The molecule has 3 nitrogen and oxygen atoms in total. The highest BCUT2D eigenvalue weighted by Gasteiger charge is 2.23. The van der Waals surface area contributed by atoms with Crippen molar-refractivity contribution in [1.82, 2.24) is 4.98 Å². The molecule has 0 atom stereocenters. The molecule has 2 rings (SSSR count). The van der Waals surface area contributed by atoms with Gasteiger partial charge < -0.3 is 10.0 Å². The number of nitrogens with zero attached hydrogens (tertiary/aromatic N) is 2. The minimum absolute atomic E-state index is 0.0954. The van der Waals surface area contributed by atoms with Crippen LogP contribution in [0.1, 0.15) is 51.5 Å². The second-order valence-electron chi connectivity index (χ2n) is 5.99. The lowest BCUT2D eigenvalue weighted by Crippen LogP contribution is -2.35. The van der Waals surface area contributed by atoms with Gasteiger partial charge >= 0.3 is 0 Å². The average Bonchev–Trinajstić information content (AvgIpc) is 2.93. The van der Waals surface area contributed by atoms with E-state index in [1.165, 1.54) is 32.1 Å². The van der Waals surface area contributed by atoms with Gasteiger partial charge in [0.2, 0.25) is 0 Å². The zero-order valence-electron chi connectivity index (χ0n) is 12.2. The molecule has 19 heavy (non-hydrogen) atoms. The van der Waals surface area contributed by atoms with E-state index in [1.54, 1.807) is 0 Å². The van der Waals surface area contributed by atoms with Crippen molar-refractivity contribution in [2.24, 2.45) is 5.92 Å². The predicted molar refractivity (Wildman–Crippen MR) is 79.2 cm³/mol. The van der Waals surface area contributed by atoms with Crippen molar-refractivity contribution in [3.05, 3.63) is 23.9 Å². The third-order valence-corrected chi connectivity index (χ3v) is 4.00. The van der Waals surface area contributed by atoms with Crippen molar-refractivity contribution in [3.8, 4) is 0 Å². The number of aromatic nitrogens is 1. The first-order valence-electron chi connectivity index (χ1n) is 7.53. The number of rotatable bonds is 6. The van der Waals surface area contributed by atoms with E-state index in [9.17, 15) is 5.11 Å². The van der Waals surface area contributed by atoms with E-state index in [0.29, 0.717) is 12.0 Å². The third-order valence-electron chi connectivity index (χ3n) is 4.00. The molecule has 1 aromatic heterocycles. The Balaban J connectivity index is 2.14. The second kappa shape index (κ2) is 6.90. The summed E-state index contributed by atoms with van der Waals surface area (Å²) in [6.45, 7) is 5.71. The van der Waals surface area contributed by atoms with Crippen LogP contribution in [0.3, 0.4) is 0 Å². The zero-order chi connectivity index (χ0) is 13.7. The highest BCUT2D eigenvalue weighted by molar-refractivity contribution is 5.42. The van der Waals surface area contributed by atoms with Crippen LogP contribution < -0.4 is 4.90 Å². The Hall–Kier alpha value is -1.09. The van der Waals surface area contributed by atoms with Crippen molar-refractivity contribution in [1.29, 1.82) is 0 Å². The fraction of sp³-hybridized carbons (Fsp3) is 0.688. The van der Waals surface area contributed by atoms with Gasteiger partial charge in [-0.2, -0.15) is 0 Å². The van der Waals surface area contributed by atoms with Crippen LogP contribution in [0, 0.1) is 5.92 Å². The van der Waals surface area contributed by atoms with Gasteiger partial charge in [-0.15, -0.1) is 0 Å². The molecule has 1 saturated carbocycles. The number of aliphatic hydroxyl groups excluding tert-OH is 1. The summed E-state index contributed by atoms with van der Waals surface area (Å²) in [5.41, 5.74) is 0.956. The molecule has 0 bridgehead atoms. The molecule has 3 heteroatoms. The Morgan fingerprint density at radius 1 is 1.37 bits per heavy atom. The maximum Gasteiger partial charge on any atom is 0.129 e. The third kappa shape index (κ3) is 3.93. The quantitative estimate of drug-likeness (QED) is 0.854. The maximum atomic E-state index is 9.28. The van der Waals surface area contributed by atoms with Gasteiger partial charge in [-0.25, -0.2) is 4.98 Å².